The maximum Gasteiger partial charge on any atom is 0.424 e. The summed E-state index contributed by atoms with van der Waals surface area (Å²) in [4.78, 5) is 142. The smallest absolute Gasteiger partial charge is 0.424 e. The highest BCUT2D eigenvalue weighted by molar-refractivity contribution is 6.11. The van der Waals surface area contributed by atoms with E-state index < -0.39 is 110 Å². The van der Waals surface area contributed by atoms with Crippen molar-refractivity contribution >= 4 is 81.7 Å². The van der Waals surface area contributed by atoms with Gasteiger partial charge < -0.3 is 58.7 Å². The third-order valence-corrected chi connectivity index (χ3v) is 14.7. The molecule has 0 radical (unpaired) electrons. The minimum atomic E-state index is -1.33. The monoisotopic (exact) mass is 1330 g/mol. The molecule has 8 aromatic rings. The number of aromatic hydroxyl groups is 1. The second-order valence-corrected chi connectivity index (χ2v) is 21.2. The van der Waals surface area contributed by atoms with Crippen LogP contribution in [0, 0.1) is 11.6 Å². The molecule has 3 N–H and O–H groups in total. The van der Waals surface area contributed by atoms with Crippen molar-refractivity contribution < 1.29 is 95.0 Å². The third kappa shape index (κ3) is 16.6. The number of nitrogens with one attached hydrogen (secondary N) is 2. The average Bonchev–Trinajstić information content (AvgIpc) is 1.65. The zero-order valence-corrected chi connectivity index (χ0v) is 52.7. The Hall–Kier alpha value is -12.1. The third-order valence-electron chi connectivity index (χ3n) is 14.7. The number of aromatic nitrogens is 2. The minimum Gasteiger partial charge on any atom is -0.505 e. The SMILES string of the molecule is CCOC(=O)CNC(=O)N(CC(=O)OCC)C(=O)Oc1c2c(c(O)c3ncccc13)C(=O)N(Cc1ccc(F)cc1)C2.CCOC(=O)CNC(=O)N(CC(=O)OCC)C(=O)Oc1c2c(c(OC(c3ccccc3)c3ccccc3)c3ncccc13)C(=O)N(Cc1ccc(F)cc1)C2. The maximum atomic E-state index is 14.5. The van der Waals surface area contributed by atoms with Crippen molar-refractivity contribution in [1.82, 2.24) is 40.2 Å². The molecule has 6 aromatic carbocycles. The van der Waals surface area contributed by atoms with Crippen LogP contribution < -0.4 is 24.8 Å². The zero-order chi connectivity index (χ0) is 69.3. The molecule has 502 valence electrons. The molecule has 0 atom stereocenters. The Morgan fingerprint density at radius 3 is 1.33 bits per heavy atom. The van der Waals surface area contributed by atoms with Gasteiger partial charge in [0.1, 0.15) is 66.4 Å². The lowest BCUT2D eigenvalue weighted by Crippen LogP contribution is -2.49. The van der Waals surface area contributed by atoms with Crippen LogP contribution in [0.5, 0.6) is 23.0 Å². The average molecular weight is 1330 g/mol. The van der Waals surface area contributed by atoms with Crippen molar-refractivity contribution in [3.05, 3.63) is 202 Å². The van der Waals surface area contributed by atoms with E-state index in [4.69, 9.17) is 33.2 Å². The maximum absolute atomic E-state index is 14.5. The molecular weight excluding hydrogens is 1270 g/mol. The van der Waals surface area contributed by atoms with Crippen molar-refractivity contribution in [3.63, 3.8) is 0 Å². The molecule has 2 aromatic heterocycles. The van der Waals surface area contributed by atoms with Crippen LogP contribution in [0.3, 0.4) is 0 Å². The first-order valence-corrected chi connectivity index (χ1v) is 30.4. The second kappa shape index (κ2) is 32.2. The van der Waals surface area contributed by atoms with E-state index in [0.29, 0.717) is 20.9 Å². The number of rotatable bonds is 22. The van der Waals surface area contributed by atoms with Crippen LogP contribution in [0.1, 0.15) is 87.9 Å². The first-order chi connectivity index (χ1) is 46.8. The van der Waals surface area contributed by atoms with E-state index in [2.05, 4.69) is 20.6 Å². The summed E-state index contributed by atoms with van der Waals surface area (Å²) in [6, 6.07) is 34.0. The Morgan fingerprint density at radius 2 is 0.897 bits per heavy atom. The number of nitrogens with zero attached hydrogens (tertiary/aromatic N) is 6. The Kier molecular flexibility index (Phi) is 23.0. The van der Waals surface area contributed by atoms with Crippen LogP contribution in [-0.2, 0) is 64.3 Å². The Bertz CT molecular complexity index is 4240. The van der Waals surface area contributed by atoms with Gasteiger partial charge in [0.15, 0.2) is 11.5 Å². The van der Waals surface area contributed by atoms with Gasteiger partial charge in [-0.15, -0.1) is 0 Å². The number of imide groups is 2. The number of phenols is 1. The van der Waals surface area contributed by atoms with Gasteiger partial charge in [0, 0.05) is 47.4 Å². The molecule has 0 fully saturated rings. The summed E-state index contributed by atoms with van der Waals surface area (Å²) in [5.74, 6) is -5.91. The van der Waals surface area contributed by atoms with Crippen molar-refractivity contribution in [1.29, 1.82) is 0 Å². The van der Waals surface area contributed by atoms with Crippen molar-refractivity contribution in [2.24, 2.45) is 0 Å². The topological polar surface area (TPSA) is 318 Å². The van der Waals surface area contributed by atoms with E-state index in [1.165, 1.54) is 77.6 Å². The van der Waals surface area contributed by atoms with Crippen LogP contribution >= 0.6 is 0 Å². The fourth-order valence-corrected chi connectivity index (χ4v) is 10.4. The highest BCUT2D eigenvalue weighted by atomic mass is 19.1. The predicted octanol–water partition coefficient (Wildman–Crippen LogP) is 9.21. The zero-order valence-electron chi connectivity index (χ0n) is 52.7. The van der Waals surface area contributed by atoms with E-state index in [1.54, 1.807) is 45.0 Å². The molecule has 0 spiro atoms. The van der Waals surface area contributed by atoms with Crippen LogP contribution in [0.25, 0.3) is 21.8 Å². The minimum absolute atomic E-state index is 0.0278. The number of carbonyl (C=O) groups excluding carboxylic acids is 10. The number of hydrogen-bond donors (Lipinski definition) is 3. The molecule has 97 heavy (non-hydrogen) atoms. The van der Waals surface area contributed by atoms with Gasteiger partial charge in [0.25, 0.3) is 11.8 Å². The molecule has 4 heterocycles. The lowest BCUT2D eigenvalue weighted by atomic mass is 9.99. The number of hydrogen-bond acceptors (Lipinski definition) is 20. The molecule has 0 saturated carbocycles. The number of amides is 8. The number of phenolic OH excluding ortho intramolecular Hbond substituents is 1. The van der Waals surface area contributed by atoms with Crippen LogP contribution in [0.4, 0.5) is 28.0 Å². The molecule has 2 aliphatic heterocycles. The molecule has 0 aliphatic carbocycles. The highest BCUT2D eigenvalue weighted by Gasteiger charge is 2.41. The molecular formula is C69H64F2N8O18. The van der Waals surface area contributed by atoms with Gasteiger partial charge >= 0.3 is 48.1 Å². The van der Waals surface area contributed by atoms with Gasteiger partial charge in [0.2, 0.25) is 0 Å². The number of ether oxygens (including phenoxy) is 7. The van der Waals surface area contributed by atoms with Crippen LogP contribution in [-0.4, -0.2) is 147 Å². The largest absolute Gasteiger partial charge is 0.505 e. The Labute approximate surface area is 552 Å². The van der Waals surface area contributed by atoms with Gasteiger partial charge in [-0.3, -0.25) is 38.7 Å². The summed E-state index contributed by atoms with van der Waals surface area (Å²) in [5.41, 5.74) is 3.26. The molecule has 28 heteroatoms. The molecule has 8 amide bonds. The summed E-state index contributed by atoms with van der Waals surface area (Å²) in [6.07, 6.45) is -0.463. The quantitative estimate of drug-likeness (QED) is 0.0420. The number of pyridine rings is 2. The first-order valence-electron chi connectivity index (χ1n) is 30.4. The standard InChI is InChI=1S/C41H37FN4O9.C28H27FN4O9/c1-3-52-32(47)22-44-40(50)46(25-33(48)53-4-2)41(51)55-37-30-16-11-21-43-35(30)38(54-36(27-12-7-5-8-13-27)28-14-9-6-10-15-28)34-31(37)24-45(39(34)49)23-26-17-19-29(42)20-18-26;1-3-40-20(34)12-31-27(38)33(15-21(35)41-4-2)28(39)42-25-18-6-5-11-30-23(18)24(36)22-19(25)14-32(26(22)37)13-16-7-9-17(29)10-8-16/h5-21,36H,3-4,22-25H2,1-2H3,(H,44,50);5-11,36H,3-4,12-15H2,1-2H3,(H,31,38). The fourth-order valence-electron chi connectivity index (χ4n) is 10.4. The number of fused-ring (bicyclic) bond motifs is 4. The van der Waals surface area contributed by atoms with Gasteiger partial charge in [-0.1, -0.05) is 84.9 Å². The van der Waals surface area contributed by atoms with Gasteiger partial charge in [-0.05, 0) is 98.5 Å². The van der Waals surface area contributed by atoms with Crippen LogP contribution in [0.15, 0.2) is 146 Å². The number of esters is 4. The summed E-state index contributed by atoms with van der Waals surface area (Å²) in [7, 11) is 0. The highest BCUT2D eigenvalue weighted by Crippen LogP contribution is 2.48. The molecule has 10 rings (SSSR count). The molecule has 0 unspecified atom stereocenters. The van der Waals surface area contributed by atoms with Crippen molar-refractivity contribution in [2.45, 2.75) is 60.0 Å². The summed E-state index contributed by atoms with van der Waals surface area (Å²) >= 11 is 0. The van der Waals surface area contributed by atoms with Crippen LogP contribution in [0.2, 0.25) is 0 Å². The number of benzene rings is 6. The summed E-state index contributed by atoms with van der Waals surface area (Å²) < 4.78 is 65.1. The molecule has 0 saturated heterocycles. The Balaban J connectivity index is 0.000000236. The lowest BCUT2D eigenvalue weighted by molar-refractivity contribution is -0.144. The Morgan fingerprint density at radius 1 is 0.505 bits per heavy atom. The first kappa shape index (κ1) is 69.2. The second-order valence-electron chi connectivity index (χ2n) is 21.2. The predicted molar refractivity (Wildman–Crippen MR) is 339 cm³/mol. The lowest BCUT2D eigenvalue weighted by Gasteiger charge is -2.24. The molecule has 26 nitrogen and oxygen atoms in total. The number of urea groups is 2. The van der Waals surface area contributed by atoms with E-state index in [1.807, 2.05) is 60.7 Å². The van der Waals surface area contributed by atoms with Gasteiger partial charge in [0.05, 0.1) is 50.6 Å². The summed E-state index contributed by atoms with van der Waals surface area (Å²) in [6.45, 7) is 3.36. The number of carbonyl (C=O) groups is 10. The van der Waals surface area contributed by atoms with Gasteiger partial charge in [-0.2, -0.15) is 0 Å². The molecule has 0 bridgehead atoms. The normalized spacial score (nSPS) is 12.0. The van der Waals surface area contributed by atoms with Crippen molar-refractivity contribution in [3.8, 4) is 23.0 Å². The number of halogens is 2. The van der Waals surface area contributed by atoms with Gasteiger partial charge in [-0.25, -0.2) is 37.8 Å². The van der Waals surface area contributed by atoms with E-state index in [9.17, 15) is 61.8 Å². The van der Waals surface area contributed by atoms with E-state index >= 15 is 0 Å². The van der Waals surface area contributed by atoms with E-state index in [-0.39, 0.29) is 114 Å². The summed E-state index contributed by atoms with van der Waals surface area (Å²) in [5, 5.41) is 15.9. The molecule has 2 aliphatic rings. The van der Waals surface area contributed by atoms with Crippen molar-refractivity contribution in [2.75, 3.05) is 52.6 Å². The van der Waals surface area contributed by atoms with E-state index in [0.717, 1.165) is 11.1 Å². The fraction of sp³-hybridized carbons (Fsp3) is 0.246.